The van der Waals surface area contributed by atoms with Crippen molar-refractivity contribution in [1.29, 1.82) is 0 Å². The quantitative estimate of drug-likeness (QED) is 0.454. The number of hydrogen-bond acceptors (Lipinski definition) is 4. The zero-order valence-corrected chi connectivity index (χ0v) is 18.8. The predicted molar refractivity (Wildman–Crippen MR) is 123 cm³/mol. The third-order valence-electron chi connectivity index (χ3n) is 5.26. The second-order valence-electron chi connectivity index (χ2n) is 7.38. The lowest BCUT2D eigenvalue weighted by atomic mass is 10.1. The van der Waals surface area contributed by atoms with Gasteiger partial charge in [0, 0.05) is 28.7 Å². The van der Waals surface area contributed by atoms with Crippen molar-refractivity contribution in [2.24, 2.45) is 0 Å². The number of benzene rings is 2. The van der Waals surface area contributed by atoms with Crippen LogP contribution in [-0.4, -0.2) is 25.2 Å². The van der Waals surface area contributed by atoms with E-state index in [0.29, 0.717) is 10.9 Å². The van der Waals surface area contributed by atoms with Crippen molar-refractivity contribution in [2.75, 3.05) is 0 Å². The lowest BCUT2D eigenvalue weighted by molar-refractivity contribution is -0.121. The van der Waals surface area contributed by atoms with Crippen molar-refractivity contribution in [3.05, 3.63) is 87.1 Å². The molecule has 0 spiro atoms. The number of para-hydroxylation sites is 1. The third-order valence-corrected chi connectivity index (χ3v) is 5.75. The van der Waals surface area contributed by atoms with E-state index in [1.165, 1.54) is 10.9 Å². The summed E-state index contributed by atoms with van der Waals surface area (Å²) >= 11 is 3.38. The number of carbonyl (C=O) groups excluding carboxylic acids is 1. The summed E-state index contributed by atoms with van der Waals surface area (Å²) in [7, 11) is 0. The number of aryl methyl sites for hydroxylation is 1. The Morgan fingerprint density at radius 2 is 1.97 bits per heavy atom. The Morgan fingerprint density at radius 3 is 2.74 bits per heavy atom. The third kappa shape index (κ3) is 4.44. The molecule has 2 heterocycles. The fraction of sp³-hybridized carbons (Fsp3) is 0.217. The molecule has 0 saturated carbocycles. The van der Waals surface area contributed by atoms with Crippen LogP contribution < -0.4 is 10.9 Å². The van der Waals surface area contributed by atoms with Crippen LogP contribution >= 0.6 is 15.9 Å². The summed E-state index contributed by atoms with van der Waals surface area (Å²) in [4.78, 5) is 29.5. The molecule has 2 aromatic carbocycles. The van der Waals surface area contributed by atoms with E-state index in [1.807, 2.05) is 54.9 Å². The monoisotopic (exact) mass is 479 g/mol. The number of halogens is 1. The van der Waals surface area contributed by atoms with Gasteiger partial charge < -0.3 is 5.32 Å². The first-order chi connectivity index (χ1) is 14.9. The molecule has 1 N–H and O–H groups in total. The van der Waals surface area contributed by atoms with Crippen molar-refractivity contribution in [3.8, 4) is 5.69 Å². The van der Waals surface area contributed by atoms with E-state index in [9.17, 15) is 9.59 Å². The van der Waals surface area contributed by atoms with Crippen LogP contribution in [-0.2, 0) is 11.3 Å². The highest BCUT2D eigenvalue weighted by atomic mass is 79.9. The highest BCUT2D eigenvalue weighted by Crippen LogP contribution is 2.20. The Balaban J connectivity index is 1.43. The maximum atomic E-state index is 12.7. The SMILES string of the molecule is Cc1c(C(C)NC(=O)CCn2cnc3ccc(Br)cc3c2=O)cnn1-c1ccccc1. The van der Waals surface area contributed by atoms with Crippen molar-refractivity contribution in [2.45, 2.75) is 32.9 Å². The van der Waals surface area contributed by atoms with Gasteiger partial charge in [0.2, 0.25) is 5.91 Å². The van der Waals surface area contributed by atoms with Crippen LogP contribution in [0.15, 0.2) is 70.3 Å². The van der Waals surface area contributed by atoms with Gasteiger partial charge in [-0.15, -0.1) is 0 Å². The van der Waals surface area contributed by atoms with Crippen LogP contribution in [0.5, 0.6) is 0 Å². The molecule has 7 nitrogen and oxygen atoms in total. The molecular formula is C23H22BrN5O2. The normalized spacial score (nSPS) is 12.1. The predicted octanol–water partition coefficient (Wildman–Crippen LogP) is 3.92. The Bertz CT molecular complexity index is 1300. The zero-order valence-electron chi connectivity index (χ0n) is 17.2. The molecule has 1 amide bonds. The van der Waals surface area contributed by atoms with Gasteiger partial charge in [-0.25, -0.2) is 9.67 Å². The number of nitrogens with one attached hydrogen (secondary N) is 1. The topological polar surface area (TPSA) is 81.8 Å². The largest absolute Gasteiger partial charge is 0.349 e. The van der Waals surface area contributed by atoms with Gasteiger partial charge in [0.1, 0.15) is 0 Å². The van der Waals surface area contributed by atoms with E-state index >= 15 is 0 Å². The van der Waals surface area contributed by atoms with Gasteiger partial charge in [-0.05, 0) is 44.2 Å². The van der Waals surface area contributed by atoms with Gasteiger partial charge in [0.05, 0.1) is 35.2 Å². The minimum absolute atomic E-state index is 0.138. The Hall–Kier alpha value is -3.26. The molecule has 8 heteroatoms. The fourth-order valence-corrected chi connectivity index (χ4v) is 3.94. The smallest absolute Gasteiger partial charge is 0.261 e. The molecular weight excluding hydrogens is 458 g/mol. The molecule has 0 aliphatic rings. The Kier molecular flexibility index (Phi) is 5.99. The standard InChI is InChI=1S/C23H22BrN5O2/c1-15(20-13-26-29(16(20)2)18-6-4-3-5-7-18)27-22(30)10-11-28-14-25-21-9-8-17(24)12-19(21)23(28)31/h3-9,12-15H,10-11H2,1-2H3,(H,27,30). The van der Waals surface area contributed by atoms with Crippen molar-refractivity contribution in [1.82, 2.24) is 24.6 Å². The molecule has 0 aliphatic heterocycles. The molecule has 0 radical (unpaired) electrons. The minimum atomic E-state index is -0.202. The molecule has 0 fully saturated rings. The first kappa shape index (κ1) is 21.0. The number of carbonyl (C=O) groups is 1. The zero-order chi connectivity index (χ0) is 22.0. The molecule has 1 unspecified atom stereocenters. The van der Waals surface area contributed by atoms with E-state index in [2.05, 4.69) is 31.3 Å². The molecule has 1 atom stereocenters. The van der Waals surface area contributed by atoms with Gasteiger partial charge in [-0.3, -0.25) is 14.2 Å². The number of amides is 1. The molecule has 2 aromatic heterocycles. The van der Waals surface area contributed by atoms with E-state index in [1.54, 1.807) is 18.3 Å². The number of hydrogen-bond donors (Lipinski definition) is 1. The van der Waals surface area contributed by atoms with E-state index in [0.717, 1.165) is 21.4 Å². The van der Waals surface area contributed by atoms with Gasteiger partial charge in [0.25, 0.3) is 5.56 Å². The molecule has 0 bridgehead atoms. The molecule has 0 aliphatic carbocycles. The first-order valence-corrected chi connectivity index (χ1v) is 10.8. The highest BCUT2D eigenvalue weighted by Gasteiger charge is 2.16. The van der Waals surface area contributed by atoms with Crippen LogP contribution in [0.2, 0.25) is 0 Å². The van der Waals surface area contributed by atoms with E-state index in [4.69, 9.17) is 0 Å². The van der Waals surface area contributed by atoms with Crippen LogP contribution in [0, 0.1) is 6.92 Å². The summed E-state index contributed by atoms with van der Waals surface area (Å²) in [5, 5.41) is 7.99. The lowest BCUT2D eigenvalue weighted by Gasteiger charge is -2.14. The second-order valence-corrected chi connectivity index (χ2v) is 8.29. The Morgan fingerprint density at radius 1 is 1.19 bits per heavy atom. The average molecular weight is 480 g/mol. The van der Waals surface area contributed by atoms with Crippen molar-refractivity contribution in [3.63, 3.8) is 0 Å². The van der Waals surface area contributed by atoms with Crippen LogP contribution in [0.3, 0.4) is 0 Å². The summed E-state index contributed by atoms with van der Waals surface area (Å²) in [6.45, 7) is 4.17. The number of aromatic nitrogens is 4. The summed E-state index contributed by atoms with van der Waals surface area (Å²) in [5.74, 6) is -0.138. The molecule has 158 valence electrons. The Labute approximate surface area is 187 Å². The summed E-state index contributed by atoms with van der Waals surface area (Å²) < 4.78 is 4.14. The maximum absolute atomic E-state index is 12.7. The highest BCUT2D eigenvalue weighted by molar-refractivity contribution is 9.10. The van der Waals surface area contributed by atoms with Crippen molar-refractivity contribution >= 4 is 32.7 Å². The van der Waals surface area contributed by atoms with Gasteiger partial charge in [-0.1, -0.05) is 34.1 Å². The van der Waals surface area contributed by atoms with Gasteiger partial charge >= 0.3 is 0 Å². The van der Waals surface area contributed by atoms with Gasteiger partial charge in [0.15, 0.2) is 0 Å². The molecule has 4 rings (SSSR count). The second kappa shape index (κ2) is 8.85. The van der Waals surface area contributed by atoms with Crippen LogP contribution in [0.4, 0.5) is 0 Å². The molecule has 31 heavy (non-hydrogen) atoms. The van der Waals surface area contributed by atoms with Crippen molar-refractivity contribution < 1.29 is 4.79 Å². The lowest BCUT2D eigenvalue weighted by Crippen LogP contribution is -2.29. The summed E-state index contributed by atoms with van der Waals surface area (Å²) in [5.41, 5.74) is 3.37. The maximum Gasteiger partial charge on any atom is 0.261 e. The van der Waals surface area contributed by atoms with E-state index in [-0.39, 0.29) is 30.5 Å². The minimum Gasteiger partial charge on any atom is -0.349 e. The average Bonchev–Trinajstić information content (AvgIpc) is 3.15. The fourth-order valence-electron chi connectivity index (χ4n) is 3.58. The first-order valence-electron chi connectivity index (χ1n) is 9.98. The summed E-state index contributed by atoms with van der Waals surface area (Å²) in [6, 6.07) is 15.0. The molecule has 4 aromatic rings. The molecule has 0 saturated heterocycles. The summed E-state index contributed by atoms with van der Waals surface area (Å²) in [6.07, 6.45) is 3.45. The van der Waals surface area contributed by atoms with Crippen LogP contribution in [0.1, 0.15) is 30.6 Å². The number of rotatable bonds is 6. The van der Waals surface area contributed by atoms with Gasteiger partial charge in [-0.2, -0.15) is 5.10 Å². The number of fused-ring (bicyclic) bond motifs is 1. The number of nitrogens with zero attached hydrogens (tertiary/aromatic N) is 4. The van der Waals surface area contributed by atoms with E-state index < -0.39 is 0 Å². The van der Waals surface area contributed by atoms with Crippen LogP contribution in [0.25, 0.3) is 16.6 Å².